The predicted octanol–water partition coefficient (Wildman–Crippen LogP) is 2.14. The van der Waals surface area contributed by atoms with Crippen molar-refractivity contribution < 1.29 is 8.78 Å². The first kappa shape index (κ1) is 14.7. The Bertz CT molecular complexity index is 921. The molecule has 0 aliphatic rings. The Labute approximate surface area is 128 Å². The zero-order chi connectivity index (χ0) is 16.4. The number of nitrogens with two attached hydrogens (primary N) is 1. The highest BCUT2D eigenvalue weighted by Gasteiger charge is 2.17. The van der Waals surface area contributed by atoms with Crippen molar-refractivity contribution >= 4 is 16.9 Å². The molecule has 3 rings (SSSR count). The molecule has 1 aromatic carbocycles. The second-order valence-electron chi connectivity index (χ2n) is 4.69. The van der Waals surface area contributed by atoms with Gasteiger partial charge in [0.1, 0.15) is 17.3 Å². The van der Waals surface area contributed by atoms with Gasteiger partial charge in [0, 0.05) is 5.56 Å². The molecule has 7 nitrogen and oxygen atoms in total. The molecule has 3 aromatic rings. The van der Waals surface area contributed by atoms with E-state index in [0.29, 0.717) is 5.56 Å². The number of hydrogen-bond donors (Lipinski definition) is 1. The van der Waals surface area contributed by atoms with Gasteiger partial charge in [-0.25, -0.2) is 18.4 Å². The molecule has 116 valence electrons. The Kier molecular flexibility index (Phi) is 3.75. The summed E-state index contributed by atoms with van der Waals surface area (Å²) in [6.07, 6.45) is 1.01. The summed E-state index contributed by atoms with van der Waals surface area (Å²) in [6, 6.07) is 7.33. The molecule has 2 N–H and O–H groups in total. The summed E-state index contributed by atoms with van der Waals surface area (Å²) < 4.78 is 28.6. The van der Waals surface area contributed by atoms with E-state index in [1.54, 1.807) is 18.2 Å². The smallest absolute Gasteiger partial charge is 0.178 e. The van der Waals surface area contributed by atoms with Gasteiger partial charge in [-0.2, -0.15) is 5.10 Å². The van der Waals surface area contributed by atoms with Gasteiger partial charge >= 0.3 is 0 Å². The van der Waals surface area contributed by atoms with E-state index in [1.165, 1.54) is 10.7 Å². The average molecular weight is 316 g/mol. The highest BCUT2D eigenvalue weighted by molar-refractivity contribution is 6.06. The van der Waals surface area contributed by atoms with Crippen molar-refractivity contribution in [1.29, 1.82) is 0 Å². The molecule has 2 aromatic heterocycles. The van der Waals surface area contributed by atoms with Gasteiger partial charge in [-0.1, -0.05) is 23.3 Å². The monoisotopic (exact) mass is 316 g/mol. The summed E-state index contributed by atoms with van der Waals surface area (Å²) in [5, 5.41) is 9.92. The van der Waals surface area contributed by atoms with Gasteiger partial charge in [-0.3, -0.25) is 0 Å². The third-order valence-electron chi connectivity index (χ3n) is 3.22. The first-order valence-corrected chi connectivity index (χ1v) is 6.51. The summed E-state index contributed by atoms with van der Waals surface area (Å²) in [4.78, 5) is 14.2. The lowest BCUT2D eigenvalue weighted by Gasteiger charge is -2.04. The van der Waals surface area contributed by atoms with Gasteiger partial charge in [0.15, 0.2) is 11.5 Å². The molecule has 0 aliphatic carbocycles. The topological polar surface area (TPSA) is 98.5 Å². The van der Waals surface area contributed by atoms with E-state index in [9.17, 15) is 13.7 Å². The number of amidine groups is 1. The first-order valence-electron chi connectivity index (χ1n) is 6.51. The number of aromatic nitrogens is 3. The van der Waals surface area contributed by atoms with Crippen LogP contribution in [0.25, 0.3) is 11.0 Å². The maximum Gasteiger partial charge on any atom is 0.178 e. The predicted molar refractivity (Wildman–Crippen MR) is 79.5 cm³/mol. The van der Waals surface area contributed by atoms with Crippen LogP contribution in [0.2, 0.25) is 0 Å². The van der Waals surface area contributed by atoms with E-state index in [4.69, 9.17) is 5.73 Å². The van der Waals surface area contributed by atoms with Gasteiger partial charge in [0.25, 0.3) is 0 Å². The Morgan fingerprint density at radius 2 is 2.09 bits per heavy atom. The Morgan fingerprint density at radius 3 is 2.83 bits per heavy atom. The number of nitroso groups, excluding NO2 is 1. The molecule has 0 bridgehead atoms. The lowest BCUT2D eigenvalue weighted by Crippen LogP contribution is -2.14. The number of nitrogens with zero attached hydrogens (tertiary/aromatic N) is 5. The molecule has 0 fully saturated rings. The molecule has 0 saturated heterocycles. The third-order valence-corrected chi connectivity index (χ3v) is 3.22. The largest absolute Gasteiger partial charge is 0.380 e. The fraction of sp³-hybridized carbons (Fsp3) is 0.0714. The van der Waals surface area contributed by atoms with Crippen molar-refractivity contribution in [2.45, 2.75) is 6.54 Å². The normalized spacial score (nSPS) is 11.8. The van der Waals surface area contributed by atoms with Crippen molar-refractivity contribution in [3.63, 3.8) is 0 Å². The maximum atomic E-state index is 13.8. The first-order chi connectivity index (χ1) is 11.1. The van der Waals surface area contributed by atoms with Gasteiger partial charge in [0.05, 0.1) is 23.4 Å². The second kappa shape index (κ2) is 5.87. The summed E-state index contributed by atoms with van der Waals surface area (Å²) >= 11 is 0. The Hall–Kier alpha value is -3.23. The van der Waals surface area contributed by atoms with Crippen molar-refractivity contribution in [3.8, 4) is 0 Å². The van der Waals surface area contributed by atoms with Crippen molar-refractivity contribution in [2.24, 2.45) is 16.1 Å². The molecule has 2 heterocycles. The van der Waals surface area contributed by atoms with Gasteiger partial charge in [-0.05, 0) is 12.1 Å². The van der Waals surface area contributed by atoms with E-state index in [1.807, 2.05) is 0 Å². The van der Waals surface area contributed by atoms with E-state index >= 15 is 0 Å². The highest BCUT2D eigenvalue weighted by Crippen LogP contribution is 2.19. The summed E-state index contributed by atoms with van der Waals surface area (Å²) in [7, 11) is 0. The Balaban J connectivity index is 2.16. The van der Waals surface area contributed by atoms with Crippen LogP contribution in [0, 0.1) is 16.5 Å². The van der Waals surface area contributed by atoms with Crippen LogP contribution in [0.1, 0.15) is 11.3 Å². The maximum absolute atomic E-state index is 13.8. The molecule has 0 spiro atoms. The zero-order valence-corrected chi connectivity index (χ0v) is 11.6. The van der Waals surface area contributed by atoms with Crippen LogP contribution >= 0.6 is 0 Å². The minimum absolute atomic E-state index is 0.0583. The average Bonchev–Trinajstić information content (AvgIpc) is 2.88. The van der Waals surface area contributed by atoms with Gasteiger partial charge < -0.3 is 5.73 Å². The van der Waals surface area contributed by atoms with E-state index < -0.39 is 11.6 Å². The molecule has 0 amide bonds. The van der Waals surface area contributed by atoms with Gasteiger partial charge in [-0.15, -0.1) is 4.91 Å². The molecule has 0 saturated carbocycles. The van der Waals surface area contributed by atoms with Crippen molar-refractivity contribution in [3.05, 3.63) is 64.3 Å². The van der Waals surface area contributed by atoms with Gasteiger partial charge in [0.2, 0.25) is 0 Å². The number of fused-ring (bicyclic) bond motifs is 1. The van der Waals surface area contributed by atoms with Crippen molar-refractivity contribution in [2.75, 3.05) is 0 Å². The summed E-state index contributed by atoms with van der Waals surface area (Å²) in [6.45, 7) is 0.0591. The molecule has 0 radical (unpaired) electrons. The fourth-order valence-corrected chi connectivity index (χ4v) is 2.21. The van der Waals surface area contributed by atoms with E-state index in [-0.39, 0.29) is 29.1 Å². The van der Waals surface area contributed by atoms with Crippen LogP contribution in [0.3, 0.4) is 0 Å². The van der Waals surface area contributed by atoms with Crippen LogP contribution in [0.15, 0.2) is 46.9 Å². The molecular weight excluding hydrogens is 306 g/mol. The van der Waals surface area contributed by atoms with Crippen LogP contribution < -0.4 is 5.73 Å². The number of hydrogen-bond acceptors (Lipinski definition) is 4. The molecule has 0 atom stereocenters. The van der Waals surface area contributed by atoms with Crippen molar-refractivity contribution in [1.82, 2.24) is 14.8 Å². The van der Waals surface area contributed by atoms with Crippen LogP contribution in [-0.4, -0.2) is 20.6 Å². The van der Waals surface area contributed by atoms with Crippen LogP contribution in [0.5, 0.6) is 0 Å². The summed E-state index contributed by atoms with van der Waals surface area (Å²) in [5.74, 6) is -1.28. The van der Waals surface area contributed by atoms with Crippen LogP contribution in [-0.2, 0) is 6.54 Å². The fourth-order valence-electron chi connectivity index (χ4n) is 2.21. The molecular formula is C14H10F2N6O. The molecule has 0 aliphatic heterocycles. The minimum atomic E-state index is -0.601. The SMILES string of the molecule is N/C(=N\N=O)c1nn(Cc2ccccc2F)c2ncc(F)cc12. The number of halogens is 2. The second-order valence-corrected chi connectivity index (χ2v) is 4.69. The Morgan fingerprint density at radius 1 is 1.30 bits per heavy atom. The minimum Gasteiger partial charge on any atom is -0.380 e. The quantitative estimate of drug-likeness (QED) is 0.345. The molecule has 23 heavy (non-hydrogen) atoms. The lowest BCUT2D eigenvalue weighted by molar-refractivity contribution is 0.588. The van der Waals surface area contributed by atoms with E-state index in [0.717, 1.165) is 12.3 Å². The number of rotatable bonds is 4. The third kappa shape index (κ3) is 2.76. The molecule has 0 unspecified atom stereocenters. The van der Waals surface area contributed by atoms with Crippen LogP contribution in [0.4, 0.5) is 8.78 Å². The van der Waals surface area contributed by atoms with E-state index in [2.05, 4.69) is 20.5 Å². The molecule has 9 heteroatoms. The zero-order valence-electron chi connectivity index (χ0n) is 11.6. The number of pyridine rings is 1. The summed E-state index contributed by atoms with van der Waals surface area (Å²) in [5.41, 5.74) is 6.33. The lowest BCUT2D eigenvalue weighted by atomic mass is 10.2. The standard InChI is InChI=1S/C14H10F2N6O/c15-9-5-10-12(13(17)19-21-23)20-22(14(10)18-6-9)7-8-3-1-2-4-11(8)16/h1-6H,7H2,(H2,17,19,23). The number of benzene rings is 1. The highest BCUT2D eigenvalue weighted by atomic mass is 19.1.